The van der Waals surface area contributed by atoms with Crippen molar-refractivity contribution in [1.29, 1.82) is 0 Å². The Bertz CT molecular complexity index is 586. The first-order chi connectivity index (χ1) is 11.2. The molecule has 3 amide bonds. The Morgan fingerprint density at radius 3 is 2.87 bits per heavy atom. The lowest BCUT2D eigenvalue weighted by Gasteiger charge is -2.24. The molecule has 6 heteroatoms. The maximum atomic E-state index is 12.4. The van der Waals surface area contributed by atoms with E-state index in [9.17, 15) is 9.59 Å². The lowest BCUT2D eigenvalue weighted by Crippen LogP contribution is -2.49. The molecule has 6 nitrogen and oxygen atoms in total. The van der Waals surface area contributed by atoms with E-state index in [0.717, 1.165) is 37.0 Å². The van der Waals surface area contributed by atoms with Crippen molar-refractivity contribution in [2.24, 2.45) is 0 Å². The zero-order chi connectivity index (χ0) is 16.2. The summed E-state index contributed by atoms with van der Waals surface area (Å²) in [4.78, 5) is 26.3. The summed E-state index contributed by atoms with van der Waals surface area (Å²) in [5.74, 6) is 0.751. The molecule has 0 spiro atoms. The van der Waals surface area contributed by atoms with Crippen molar-refractivity contribution in [2.75, 3.05) is 13.7 Å². The van der Waals surface area contributed by atoms with Crippen LogP contribution >= 0.6 is 0 Å². The Morgan fingerprint density at radius 2 is 2.13 bits per heavy atom. The number of hydrogen-bond donors (Lipinski definition) is 2. The largest absolute Gasteiger partial charge is 0.497 e. The van der Waals surface area contributed by atoms with Gasteiger partial charge in [0.15, 0.2) is 0 Å². The maximum absolute atomic E-state index is 12.4. The van der Waals surface area contributed by atoms with Gasteiger partial charge in [0.25, 0.3) is 0 Å². The summed E-state index contributed by atoms with van der Waals surface area (Å²) in [6, 6.07) is 7.39. The van der Waals surface area contributed by atoms with E-state index in [-0.39, 0.29) is 18.0 Å². The van der Waals surface area contributed by atoms with Crippen molar-refractivity contribution < 1.29 is 14.3 Å². The van der Waals surface area contributed by atoms with Crippen LogP contribution in [0.15, 0.2) is 24.3 Å². The predicted molar refractivity (Wildman–Crippen MR) is 86.1 cm³/mol. The van der Waals surface area contributed by atoms with Gasteiger partial charge in [-0.25, -0.2) is 4.79 Å². The highest BCUT2D eigenvalue weighted by Gasteiger charge is 2.36. The highest BCUT2D eigenvalue weighted by molar-refractivity contribution is 5.88. The third-order valence-corrected chi connectivity index (χ3v) is 4.32. The molecule has 124 valence electrons. The number of likely N-dealkylation sites (tertiary alicyclic amines) is 1. The topological polar surface area (TPSA) is 70.7 Å². The Hall–Kier alpha value is -2.24. The van der Waals surface area contributed by atoms with Gasteiger partial charge in [-0.1, -0.05) is 12.1 Å². The third-order valence-electron chi connectivity index (χ3n) is 4.32. The Labute approximate surface area is 136 Å². The molecule has 2 N–H and O–H groups in total. The third kappa shape index (κ3) is 3.94. The number of nitrogens with zero attached hydrogens (tertiary/aromatic N) is 1. The van der Waals surface area contributed by atoms with Gasteiger partial charge in [0, 0.05) is 19.1 Å². The molecule has 0 aromatic heterocycles. The molecule has 1 aliphatic carbocycles. The van der Waals surface area contributed by atoms with E-state index in [1.807, 2.05) is 24.3 Å². The van der Waals surface area contributed by atoms with E-state index in [4.69, 9.17) is 4.74 Å². The molecule has 1 aromatic carbocycles. The van der Waals surface area contributed by atoms with Gasteiger partial charge in [-0.3, -0.25) is 4.79 Å². The van der Waals surface area contributed by atoms with Gasteiger partial charge in [-0.15, -0.1) is 0 Å². The predicted octanol–water partition coefficient (Wildman–Crippen LogP) is 1.65. The Morgan fingerprint density at radius 1 is 1.30 bits per heavy atom. The minimum Gasteiger partial charge on any atom is -0.497 e. The van der Waals surface area contributed by atoms with Crippen molar-refractivity contribution >= 4 is 11.9 Å². The second kappa shape index (κ2) is 6.89. The van der Waals surface area contributed by atoms with E-state index in [0.29, 0.717) is 19.1 Å². The summed E-state index contributed by atoms with van der Waals surface area (Å²) in [6.45, 7) is 1.05. The molecule has 0 radical (unpaired) electrons. The van der Waals surface area contributed by atoms with Gasteiger partial charge >= 0.3 is 6.03 Å². The molecule has 1 unspecified atom stereocenters. The molecule has 23 heavy (non-hydrogen) atoms. The normalized spacial score (nSPS) is 20.2. The van der Waals surface area contributed by atoms with E-state index in [2.05, 4.69) is 10.6 Å². The molecule has 2 fully saturated rings. The maximum Gasteiger partial charge on any atom is 0.318 e. The molecule has 0 bridgehead atoms. The summed E-state index contributed by atoms with van der Waals surface area (Å²) in [5, 5.41) is 5.89. The van der Waals surface area contributed by atoms with Gasteiger partial charge in [0.1, 0.15) is 11.8 Å². The average Bonchev–Trinajstić information content (AvgIpc) is 3.24. The number of carbonyl (C=O) groups is 2. The van der Waals surface area contributed by atoms with Crippen LogP contribution < -0.4 is 15.4 Å². The van der Waals surface area contributed by atoms with Crippen molar-refractivity contribution in [3.63, 3.8) is 0 Å². The average molecular weight is 317 g/mol. The molecule has 1 heterocycles. The zero-order valence-corrected chi connectivity index (χ0v) is 13.4. The van der Waals surface area contributed by atoms with Crippen LogP contribution in [-0.4, -0.2) is 42.6 Å². The quantitative estimate of drug-likeness (QED) is 0.867. The lowest BCUT2D eigenvalue weighted by atomic mass is 10.2. The first-order valence-electron chi connectivity index (χ1n) is 8.15. The van der Waals surface area contributed by atoms with Crippen LogP contribution in [0, 0.1) is 0 Å². The van der Waals surface area contributed by atoms with Crippen molar-refractivity contribution in [3.05, 3.63) is 29.8 Å². The summed E-state index contributed by atoms with van der Waals surface area (Å²) < 4.78 is 5.18. The Balaban J connectivity index is 1.54. The summed E-state index contributed by atoms with van der Waals surface area (Å²) in [7, 11) is 1.62. The second-order valence-electron chi connectivity index (χ2n) is 6.14. The molecular formula is C17H23N3O3. The van der Waals surface area contributed by atoms with Gasteiger partial charge in [0.2, 0.25) is 5.91 Å². The lowest BCUT2D eigenvalue weighted by molar-refractivity contribution is -0.124. The number of hydrogen-bond acceptors (Lipinski definition) is 3. The summed E-state index contributed by atoms with van der Waals surface area (Å²) >= 11 is 0. The fourth-order valence-corrected chi connectivity index (χ4v) is 2.87. The van der Waals surface area contributed by atoms with Crippen LogP contribution in [0.25, 0.3) is 0 Å². The van der Waals surface area contributed by atoms with Gasteiger partial charge in [-0.2, -0.15) is 0 Å². The number of ether oxygens (including phenoxy) is 1. The molecule has 1 aliphatic heterocycles. The monoisotopic (exact) mass is 317 g/mol. The van der Waals surface area contributed by atoms with E-state index >= 15 is 0 Å². The van der Waals surface area contributed by atoms with Crippen LogP contribution in [0.3, 0.4) is 0 Å². The molecule has 1 saturated heterocycles. The number of rotatable bonds is 5. The molecule has 2 aliphatic rings. The SMILES string of the molecule is COc1cccc(CNC(=O)N2CCCC2C(=O)NC2CC2)c1. The number of benzene rings is 1. The van der Waals surface area contributed by atoms with Crippen molar-refractivity contribution in [2.45, 2.75) is 44.3 Å². The van der Waals surface area contributed by atoms with Crippen LogP contribution in [0.4, 0.5) is 4.79 Å². The summed E-state index contributed by atoms with van der Waals surface area (Å²) in [6.07, 6.45) is 3.72. The second-order valence-corrected chi connectivity index (χ2v) is 6.14. The van der Waals surface area contributed by atoms with Gasteiger partial charge < -0.3 is 20.3 Å². The number of nitrogens with one attached hydrogen (secondary N) is 2. The molecule has 1 saturated carbocycles. The van der Waals surface area contributed by atoms with Crippen molar-refractivity contribution in [3.8, 4) is 5.75 Å². The van der Waals surface area contributed by atoms with Crippen molar-refractivity contribution in [1.82, 2.24) is 15.5 Å². The minimum absolute atomic E-state index is 0.0125. The number of amides is 3. The number of methoxy groups -OCH3 is 1. The molecule has 3 rings (SSSR count). The zero-order valence-electron chi connectivity index (χ0n) is 13.4. The molecule has 1 aromatic rings. The minimum atomic E-state index is -0.332. The Kier molecular flexibility index (Phi) is 4.69. The molecular weight excluding hydrogens is 294 g/mol. The smallest absolute Gasteiger partial charge is 0.318 e. The highest BCUT2D eigenvalue weighted by Crippen LogP contribution is 2.22. The fourth-order valence-electron chi connectivity index (χ4n) is 2.87. The van der Waals surface area contributed by atoms with Crippen LogP contribution in [0.5, 0.6) is 5.75 Å². The number of urea groups is 1. The highest BCUT2D eigenvalue weighted by atomic mass is 16.5. The molecule has 1 atom stereocenters. The van der Waals surface area contributed by atoms with Gasteiger partial charge in [-0.05, 0) is 43.4 Å². The first kappa shape index (κ1) is 15.6. The first-order valence-corrected chi connectivity index (χ1v) is 8.15. The fraction of sp³-hybridized carbons (Fsp3) is 0.529. The standard InChI is InChI=1S/C17H23N3O3/c1-23-14-5-2-4-12(10-14)11-18-17(22)20-9-3-6-15(20)16(21)19-13-7-8-13/h2,4-5,10,13,15H,3,6-9,11H2,1H3,(H,18,22)(H,19,21). The van der Waals surface area contributed by atoms with Crippen LogP contribution in [0.1, 0.15) is 31.2 Å². The van der Waals surface area contributed by atoms with E-state index in [1.54, 1.807) is 12.0 Å². The van der Waals surface area contributed by atoms with E-state index < -0.39 is 0 Å². The van der Waals surface area contributed by atoms with Gasteiger partial charge in [0.05, 0.1) is 7.11 Å². The number of carbonyl (C=O) groups excluding carboxylic acids is 2. The summed E-state index contributed by atoms with van der Waals surface area (Å²) in [5.41, 5.74) is 0.968. The van der Waals surface area contributed by atoms with E-state index in [1.165, 1.54) is 0 Å². The van der Waals surface area contributed by atoms with Crippen LogP contribution in [0.2, 0.25) is 0 Å². The van der Waals surface area contributed by atoms with Crippen LogP contribution in [-0.2, 0) is 11.3 Å².